The van der Waals surface area contributed by atoms with Crippen molar-refractivity contribution < 1.29 is 36.2 Å². The number of benzene rings is 1. The first-order valence-corrected chi connectivity index (χ1v) is 6.75. The third-order valence-corrected chi connectivity index (χ3v) is 3.35. The molecule has 0 bridgehead atoms. The molecule has 2 amide bonds. The van der Waals surface area contributed by atoms with Crippen molar-refractivity contribution >= 4 is 11.7 Å². The summed E-state index contributed by atoms with van der Waals surface area (Å²) in [5, 5.41) is 11.1. The lowest BCUT2D eigenvalue weighted by molar-refractivity contribution is -0.390. The molecule has 0 saturated carbocycles. The number of hydrogen-bond acceptors (Lipinski definition) is 2. The summed E-state index contributed by atoms with van der Waals surface area (Å²) in [5.41, 5.74) is -1.23. The molecule has 0 aromatic heterocycles. The summed E-state index contributed by atoms with van der Waals surface area (Å²) < 4.78 is 77.9. The lowest BCUT2D eigenvalue weighted by atomic mass is 9.98. The molecule has 0 spiro atoms. The average molecular weight is 358 g/mol. The smallest absolute Gasteiger partial charge is 0.350 e. The van der Waals surface area contributed by atoms with Crippen LogP contribution in [0.15, 0.2) is 18.2 Å². The highest BCUT2D eigenvalue weighted by atomic mass is 19.4. The molecule has 4 nitrogen and oxygen atoms in total. The van der Waals surface area contributed by atoms with Gasteiger partial charge in [0.15, 0.2) is 0 Å². The molecule has 1 atom stereocenters. The number of nitrogens with one attached hydrogen (secondary N) is 1. The molecule has 0 saturated heterocycles. The van der Waals surface area contributed by atoms with Crippen molar-refractivity contribution in [3.8, 4) is 0 Å². The number of amides is 2. The zero-order valence-corrected chi connectivity index (χ0v) is 13.0. The Kier molecular flexibility index (Phi) is 5.44. The maximum Gasteiger partial charge on any atom is 0.455 e. The van der Waals surface area contributed by atoms with Crippen LogP contribution in [0.4, 0.5) is 36.8 Å². The third kappa shape index (κ3) is 3.42. The van der Waals surface area contributed by atoms with Crippen molar-refractivity contribution in [1.82, 2.24) is 5.32 Å². The minimum Gasteiger partial charge on any atom is -0.350 e. The fraction of sp³-hybridized carbons (Fsp3) is 0.500. The Labute approximate surface area is 134 Å². The standard InChI is InChI=1S/C14H16F6N2O2/c1-4-21-11(23)22(3)10-6-5-9(7-8(10)2)12(15,16)13(17,24)14(18,19)20/h5-7,24H,4H2,1-3H3,(H,21,23). The molecule has 0 fully saturated rings. The molecule has 1 unspecified atom stereocenters. The molecule has 24 heavy (non-hydrogen) atoms. The van der Waals surface area contributed by atoms with Gasteiger partial charge in [-0.05, 0) is 31.5 Å². The number of aliphatic hydroxyl groups is 1. The van der Waals surface area contributed by atoms with E-state index in [0.29, 0.717) is 18.7 Å². The number of alkyl halides is 6. The number of rotatable bonds is 4. The van der Waals surface area contributed by atoms with E-state index >= 15 is 0 Å². The second-order valence-electron chi connectivity index (χ2n) is 5.09. The van der Waals surface area contributed by atoms with Crippen LogP contribution in [0.2, 0.25) is 0 Å². The normalized spacial score (nSPS) is 14.9. The van der Waals surface area contributed by atoms with E-state index in [2.05, 4.69) is 5.32 Å². The summed E-state index contributed by atoms with van der Waals surface area (Å²) >= 11 is 0. The van der Waals surface area contributed by atoms with Crippen LogP contribution < -0.4 is 10.2 Å². The van der Waals surface area contributed by atoms with E-state index in [1.807, 2.05) is 0 Å². The number of halogens is 6. The molecular formula is C14H16F6N2O2. The van der Waals surface area contributed by atoms with E-state index in [9.17, 15) is 31.1 Å². The van der Waals surface area contributed by atoms with Crippen LogP contribution in [0, 0.1) is 6.92 Å². The van der Waals surface area contributed by atoms with Gasteiger partial charge in [0, 0.05) is 24.8 Å². The summed E-state index contributed by atoms with van der Waals surface area (Å²) in [6.07, 6.45) is -6.18. The first-order valence-electron chi connectivity index (χ1n) is 6.75. The van der Waals surface area contributed by atoms with Crippen molar-refractivity contribution in [3.63, 3.8) is 0 Å². The maximum absolute atomic E-state index is 13.8. The average Bonchev–Trinajstić information content (AvgIpc) is 2.45. The fourth-order valence-corrected chi connectivity index (χ4v) is 1.98. The molecule has 1 aromatic rings. The summed E-state index contributed by atoms with van der Waals surface area (Å²) in [7, 11) is 1.33. The summed E-state index contributed by atoms with van der Waals surface area (Å²) in [5.74, 6) is -10.9. The lowest BCUT2D eigenvalue weighted by Gasteiger charge is -2.31. The van der Waals surface area contributed by atoms with E-state index in [4.69, 9.17) is 5.11 Å². The molecular weight excluding hydrogens is 342 g/mol. The Morgan fingerprint density at radius 2 is 1.75 bits per heavy atom. The third-order valence-electron chi connectivity index (χ3n) is 3.35. The Bertz CT molecular complexity index is 616. The Hall–Kier alpha value is -1.97. The van der Waals surface area contributed by atoms with Gasteiger partial charge in [0.25, 0.3) is 0 Å². The van der Waals surface area contributed by atoms with Gasteiger partial charge in [-0.25, -0.2) is 4.79 Å². The molecule has 1 aromatic carbocycles. The van der Waals surface area contributed by atoms with Gasteiger partial charge in [0.1, 0.15) is 0 Å². The van der Waals surface area contributed by atoms with Crippen LogP contribution in [0.5, 0.6) is 0 Å². The molecule has 1 rings (SSSR count). The first-order chi connectivity index (χ1) is 10.8. The lowest BCUT2D eigenvalue weighted by Crippen LogP contribution is -2.53. The summed E-state index contributed by atoms with van der Waals surface area (Å²) in [6.45, 7) is 3.22. The fourth-order valence-electron chi connectivity index (χ4n) is 1.98. The number of urea groups is 1. The van der Waals surface area contributed by atoms with Gasteiger partial charge < -0.3 is 10.4 Å². The van der Waals surface area contributed by atoms with Crippen LogP contribution in [-0.4, -0.2) is 36.8 Å². The van der Waals surface area contributed by atoms with E-state index in [1.54, 1.807) is 6.92 Å². The Morgan fingerprint density at radius 3 is 2.17 bits per heavy atom. The minimum atomic E-state index is -6.18. The minimum absolute atomic E-state index is 0.00102. The van der Waals surface area contributed by atoms with Crippen molar-refractivity contribution in [3.05, 3.63) is 29.3 Å². The molecule has 10 heteroatoms. The SMILES string of the molecule is CCNC(=O)N(C)c1ccc(C(F)(F)C(O)(F)C(F)(F)F)cc1C. The van der Waals surface area contributed by atoms with Gasteiger partial charge in [-0.2, -0.15) is 26.3 Å². The number of aryl methyl sites for hydroxylation is 1. The molecule has 136 valence electrons. The van der Waals surface area contributed by atoms with Gasteiger partial charge >= 0.3 is 24.0 Å². The van der Waals surface area contributed by atoms with Crippen LogP contribution in [0.3, 0.4) is 0 Å². The monoisotopic (exact) mass is 358 g/mol. The van der Waals surface area contributed by atoms with Crippen molar-refractivity contribution in [1.29, 1.82) is 0 Å². The zero-order chi connectivity index (χ0) is 18.9. The second kappa shape index (κ2) is 6.50. The Balaban J connectivity index is 3.26. The van der Waals surface area contributed by atoms with E-state index < -0.39 is 29.5 Å². The number of nitrogens with zero attached hydrogens (tertiary/aromatic N) is 1. The highest BCUT2D eigenvalue weighted by Gasteiger charge is 2.71. The highest BCUT2D eigenvalue weighted by Crippen LogP contribution is 2.49. The van der Waals surface area contributed by atoms with Crippen LogP contribution >= 0.6 is 0 Å². The van der Waals surface area contributed by atoms with Crippen LogP contribution in [-0.2, 0) is 5.92 Å². The summed E-state index contributed by atoms with van der Waals surface area (Å²) in [4.78, 5) is 12.7. The van der Waals surface area contributed by atoms with Crippen molar-refractivity contribution in [2.75, 3.05) is 18.5 Å². The van der Waals surface area contributed by atoms with E-state index in [1.165, 1.54) is 14.0 Å². The zero-order valence-electron chi connectivity index (χ0n) is 13.0. The largest absolute Gasteiger partial charge is 0.455 e. The van der Waals surface area contributed by atoms with Gasteiger partial charge in [0.05, 0.1) is 0 Å². The van der Waals surface area contributed by atoms with Crippen molar-refractivity contribution in [2.24, 2.45) is 0 Å². The molecule has 0 heterocycles. The van der Waals surface area contributed by atoms with E-state index in [-0.39, 0.29) is 11.3 Å². The topological polar surface area (TPSA) is 52.6 Å². The van der Waals surface area contributed by atoms with Crippen molar-refractivity contribution in [2.45, 2.75) is 31.8 Å². The maximum atomic E-state index is 13.8. The number of hydrogen-bond donors (Lipinski definition) is 2. The molecule has 0 radical (unpaired) electrons. The predicted octanol–water partition coefficient (Wildman–Crippen LogP) is 3.47. The van der Waals surface area contributed by atoms with Crippen LogP contribution in [0.25, 0.3) is 0 Å². The van der Waals surface area contributed by atoms with Gasteiger partial charge in [-0.15, -0.1) is 0 Å². The molecule has 0 aliphatic carbocycles. The second-order valence-corrected chi connectivity index (χ2v) is 5.09. The number of carbonyl (C=O) groups is 1. The highest BCUT2D eigenvalue weighted by molar-refractivity contribution is 5.92. The molecule has 0 aliphatic rings. The van der Waals surface area contributed by atoms with Crippen LogP contribution in [0.1, 0.15) is 18.1 Å². The number of carbonyl (C=O) groups excluding carboxylic acids is 1. The summed E-state index contributed by atoms with van der Waals surface area (Å²) in [6, 6.07) is 1.49. The van der Waals surface area contributed by atoms with Gasteiger partial charge in [-0.3, -0.25) is 4.90 Å². The van der Waals surface area contributed by atoms with Gasteiger partial charge in [0.2, 0.25) is 0 Å². The molecule has 2 N–H and O–H groups in total. The number of anilines is 1. The van der Waals surface area contributed by atoms with Gasteiger partial charge in [-0.1, -0.05) is 6.07 Å². The quantitative estimate of drug-likeness (QED) is 0.810. The van der Waals surface area contributed by atoms with E-state index in [0.717, 1.165) is 11.0 Å². The Morgan fingerprint density at radius 1 is 1.21 bits per heavy atom. The first kappa shape index (κ1) is 20.1. The molecule has 0 aliphatic heterocycles. The predicted molar refractivity (Wildman–Crippen MR) is 74.7 cm³/mol.